The number of piperidine rings is 1. The molecule has 2 heterocycles. The first-order valence-corrected chi connectivity index (χ1v) is 12.7. The zero-order valence-corrected chi connectivity index (χ0v) is 19.3. The maximum Gasteiger partial charge on any atom is 0.243 e. The standard InChI is InChI=1S/C24H30FN3O3S/c1-2-26(17-19-7-6-8-21(25)15-19)18-24(29)28-14-11-20-16-22(9-10-23(20)28)32(30,31)27-12-4-3-5-13-27/h6-10,15-16H,2-5,11-14,17-18H2,1H3. The molecular formula is C24H30FN3O3S. The molecule has 2 aliphatic rings. The summed E-state index contributed by atoms with van der Waals surface area (Å²) in [6, 6.07) is 11.5. The van der Waals surface area contributed by atoms with Crippen LogP contribution < -0.4 is 4.90 Å². The molecule has 32 heavy (non-hydrogen) atoms. The Hall–Kier alpha value is -2.29. The molecule has 1 fully saturated rings. The lowest BCUT2D eigenvalue weighted by atomic mass is 10.2. The Kier molecular flexibility index (Phi) is 6.93. The number of benzene rings is 2. The fourth-order valence-corrected chi connectivity index (χ4v) is 6.07. The molecule has 6 nitrogen and oxygen atoms in total. The quantitative estimate of drug-likeness (QED) is 0.637. The average Bonchev–Trinajstić information content (AvgIpc) is 3.23. The molecule has 0 spiro atoms. The minimum atomic E-state index is -3.49. The van der Waals surface area contributed by atoms with E-state index in [4.69, 9.17) is 0 Å². The summed E-state index contributed by atoms with van der Waals surface area (Å²) in [5.41, 5.74) is 2.51. The second-order valence-corrected chi connectivity index (χ2v) is 10.4. The van der Waals surface area contributed by atoms with E-state index in [9.17, 15) is 17.6 Å². The second-order valence-electron chi connectivity index (χ2n) is 8.48. The maximum atomic E-state index is 13.5. The van der Waals surface area contributed by atoms with Gasteiger partial charge in [-0.15, -0.1) is 0 Å². The van der Waals surface area contributed by atoms with Gasteiger partial charge in [0.15, 0.2) is 0 Å². The highest BCUT2D eigenvalue weighted by Crippen LogP contribution is 2.32. The number of fused-ring (bicyclic) bond motifs is 1. The topological polar surface area (TPSA) is 60.9 Å². The molecule has 8 heteroatoms. The number of sulfonamides is 1. The number of rotatable bonds is 7. The zero-order valence-electron chi connectivity index (χ0n) is 18.5. The van der Waals surface area contributed by atoms with Crippen LogP contribution in [0.2, 0.25) is 0 Å². The van der Waals surface area contributed by atoms with E-state index < -0.39 is 10.0 Å². The number of hydrogen-bond donors (Lipinski definition) is 0. The van der Waals surface area contributed by atoms with Gasteiger partial charge in [-0.3, -0.25) is 9.69 Å². The van der Waals surface area contributed by atoms with Gasteiger partial charge < -0.3 is 4.90 Å². The SMILES string of the molecule is CCN(CC(=O)N1CCc2cc(S(=O)(=O)N3CCCCC3)ccc21)Cc1cccc(F)c1. The Balaban J connectivity index is 1.46. The molecule has 1 amide bonds. The van der Waals surface area contributed by atoms with Crippen molar-refractivity contribution >= 4 is 21.6 Å². The van der Waals surface area contributed by atoms with Gasteiger partial charge in [-0.2, -0.15) is 4.31 Å². The molecule has 1 saturated heterocycles. The van der Waals surface area contributed by atoms with E-state index >= 15 is 0 Å². The minimum Gasteiger partial charge on any atom is -0.311 e. The summed E-state index contributed by atoms with van der Waals surface area (Å²) in [6.07, 6.45) is 3.51. The van der Waals surface area contributed by atoms with Crippen molar-refractivity contribution in [1.29, 1.82) is 0 Å². The van der Waals surface area contributed by atoms with Crippen molar-refractivity contribution in [2.45, 2.75) is 44.0 Å². The Bertz CT molecular complexity index is 1080. The highest BCUT2D eigenvalue weighted by atomic mass is 32.2. The van der Waals surface area contributed by atoms with Crippen LogP contribution in [-0.2, 0) is 27.8 Å². The van der Waals surface area contributed by atoms with Gasteiger partial charge in [-0.05, 0) is 67.3 Å². The van der Waals surface area contributed by atoms with Crippen LogP contribution in [0, 0.1) is 5.82 Å². The molecule has 172 valence electrons. The summed E-state index contributed by atoms with van der Waals surface area (Å²) in [6.45, 7) is 5.04. The van der Waals surface area contributed by atoms with Gasteiger partial charge in [-0.25, -0.2) is 12.8 Å². The van der Waals surface area contributed by atoms with Crippen LogP contribution in [0.5, 0.6) is 0 Å². The molecule has 4 rings (SSSR count). The highest BCUT2D eigenvalue weighted by Gasteiger charge is 2.30. The van der Waals surface area contributed by atoms with Gasteiger partial charge in [0, 0.05) is 31.9 Å². The van der Waals surface area contributed by atoms with Crippen LogP contribution in [0.4, 0.5) is 10.1 Å². The van der Waals surface area contributed by atoms with Crippen molar-refractivity contribution in [2.75, 3.05) is 37.6 Å². The van der Waals surface area contributed by atoms with Crippen molar-refractivity contribution in [2.24, 2.45) is 0 Å². The first kappa shape index (κ1) is 22.9. The molecule has 0 aromatic heterocycles. The number of carbonyl (C=O) groups excluding carboxylic acids is 1. The van der Waals surface area contributed by atoms with Gasteiger partial charge in [-0.1, -0.05) is 25.5 Å². The Morgan fingerprint density at radius 3 is 2.56 bits per heavy atom. The first-order valence-electron chi connectivity index (χ1n) is 11.3. The number of halogens is 1. The van der Waals surface area contributed by atoms with Crippen LogP contribution in [0.3, 0.4) is 0 Å². The third-order valence-corrected chi connectivity index (χ3v) is 8.20. The van der Waals surface area contributed by atoms with Crippen LogP contribution in [0.15, 0.2) is 47.4 Å². The molecule has 0 atom stereocenters. The average molecular weight is 460 g/mol. The molecular weight excluding hydrogens is 429 g/mol. The van der Waals surface area contributed by atoms with Gasteiger partial charge in [0.1, 0.15) is 5.82 Å². The number of amides is 1. The number of carbonyl (C=O) groups is 1. The predicted molar refractivity (Wildman–Crippen MR) is 122 cm³/mol. The normalized spacial score (nSPS) is 17.0. The number of nitrogens with zero attached hydrogens (tertiary/aromatic N) is 3. The largest absolute Gasteiger partial charge is 0.311 e. The third-order valence-electron chi connectivity index (χ3n) is 6.30. The molecule has 2 aromatic carbocycles. The fourth-order valence-electron chi connectivity index (χ4n) is 4.50. The van der Waals surface area contributed by atoms with Crippen LogP contribution in [0.25, 0.3) is 0 Å². The summed E-state index contributed by atoms with van der Waals surface area (Å²) in [7, 11) is -3.49. The van der Waals surface area contributed by atoms with E-state index in [-0.39, 0.29) is 18.3 Å². The summed E-state index contributed by atoms with van der Waals surface area (Å²) < 4.78 is 41.1. The van der Waals surface area contributed by atoms with Crippen LogP contribution in [0.1, 0.15) is 37.3 Å². The Morgan fingerprint density at radius 1 is 1.06 bits per heavy atom. The summed E-state index contributed by atoms with van der Waals surface area (Å²) in [5, 5.41) is 0. The van der Waals surface area contributed by atoms with Crippen molar-refractivity contribution in [3.63, 3.8) is 0 Å². The Labute approximate surface area is 189 Å². The highest BCUT2D eigenvalue weighted by molar-refractivity contribution is 7.89. The number of anilines is 1. The van der Waals surface area contributed by atoms with E-state index in [1.54, 1.807) is 33.5 Å². The van der Waals surface area contributed by atoms with E-state index in [1.165, 1.54) is 12.1 Å². The van der Waals surface area contributed by atoms with Gasteiger partial charge in [0.25, 0.3) is 0 Å². The molecule has 0 bridgehead atoms. The summed E-state index contributed by atoms with van der Waals surface area (Å²) >= 11 is 0. The lowest BCUT2D eigenvalue weighted by Crippen LogP contribution is -2.39. The first-order chi connectivity index (χ1) is 15.4. The van der Waals surface area contributed by atoms with Gasteiger partial charge >= 0.3 is 0 Å². The van der Waals surface area contributed by atoms with E-state index in [0.717, 1.165) is 36.1 Å². The lowest BCUT2D eigenvalue weighted by Gasteiger charge is -2.26. The van der Waals surface area contributed by atoms with Crippen LogP contribution in [-0.4, -0.2) is 56.3 Å². The molecule has 0 unspecified atom stereocenters. The minimum absolute atomic E-state index is 0.0337. The smallest absolute Gasteiger partial charge is 0.243 e. The van der Waals surface area contributed by atoms with E-state index in [1.807, 2.05) is 17.9 Å². The van der Waals surface area contributed by atoms with Gasteiger partial charge in [0.05, 0.1) is 11.4 Å². The zero-order chi connectivity index (χ0) is 22.7. The van der Waals surface area contributed by atoms with Crippen molar-refractivity contribution in [3.05, 3.63) is 59.4 Å². The second kappa shape index (κ2) is 9.68. The molecule has 0 aliphatic carbocycles. The summed E-state index contributed by atoms with van der Waals surface area (Å²) in [4.78, 5) is 17.1. The summed E-state index contributed by atoms with van der Waals surface area (Å²) in [5.74, 6) is -0.317. The molecule has 0 N–H and O–H groups in total. The van der Waals surface area contributed by atoms with Crippen molar-refractivity contribution in [3.8, 4) is 0 Å². The fraction of sp³-hybridized carbons (Fsp3) is 0.458. The molecule has 0 radical (unpaired) electrons. The predicted octanol–water partition coefficient (Wildman–Crippen LogP) is 3.41. The monoisotopic (exact) mass is 459 g/mol. The van der Waals surface area contributed by atoms with Crippen molar-refractivity contribution < 1.29 is 17.6 Å². The third kappa shape index (κ3) is 4.87. The molecule has 2 aromatic rings. The van der Waals surface area contributed by atoms with Gasteiger partial charge in [0.2, 0.25) is 15.9 Å². The number of likely N-dealkylation sites (N-methyl/N-ethyl adjacent to an activating group) is 1. The van der Waals surface area contributed by atoms with Crippen LogP contribution >= 0.6 is 0 Å². The molecule has 0 saturated carbocycles. The maximum absolute atomic E-state index is 13.5. The van der Waals surface area contributed by atoms with E-state index in [0.29, 0.717) is 44.0 Å². The Morgan fingerprint density at radius 2 is 1.84 bits per heavy atom. The lowest BCUT2D eigenvalue weighted by molar-refractivity contribution is -0.119. The van der Waals surface area contributed by atoms with E-state index in [2.05, 4.69) is 0 Å². The molecule has 2 aliphatic heterocycles. The number of hydrogen-bond acceptors (Lipinski definition) is 4. The van der Waals surface area contributed by atoms with Crippen molar-refractivity contribution in [1.82, 2.24) is 9.21 Å².